The molecule has 1 N–H and O–H groups in total. The minimum absolute atomic E-state index is 0.0944. The first-order valence-electron chi connectivity index (χ1n) is 8.54. The molecule has 3 aromatic heterocycles. The largest absolute Gasteiger partial charge is 0.458 e. The summed E-state index contributed by atoms with van der Waals surface area (Å²) < 4.78 is 5.81. The third-order valence-corrected chi connectivity index (χ3v) is 5.88. The number of aromatic nitrogens is 1. The lowest BCUT2D eigenvalue weighted by Gasteiger charge is -2.06. The van der Waals surface area contributed by atoms with Gasteiger partial charge in [0.25, 0.3) is 5.91 Å². The van der Waals surface area contributed by atoms with Crippen LogP contribution in [-0.4, -0.2) is 10.9 Å². The number of nitrogens with one attached hydrogen (secondary N) is 1. The van der Waals surface area contributed by atoms with Crippen molar-refractivity contribution < 1.29 is 9.21 Å². The van der Waals surface area contributed by atoms with Crippen molar-refractivity contribution in [2.24, 2.45) is 0 Å². The average molecular weight is 395 g/mol. The number of carbonyl (C=O) groups is 1. The number of carbonyl (C=O) groups excluding carboxylic acids is 1. The summed E-state index contributed by atoms with van der Waals surface area (Å²) >= 11 is 3.03. The molecule has 0 aliphatic carbocycles. The van der Waals surface area contributed by atoms with Gasteiger partial charge in [-0.2, -0.15) is 0 Å². The van der Waals surface area contributed by atoms with Crippen LogP contribution < -0.4 is 5.32 Å². The highest BCUT2D eigenvalue weighted by Crippen LogP contribution is 2.29. The van der Waals surface area contributed by atoms with Crippen molar-refractivity contribution in [1.82, 2.24) is 10.3 Å². The van der Waals surface area contributed by atoms with Gasteiger partial charge in [0.15, 0.2) is 5.76 Å². The van der Waals surface area contributed by atoms with Crippen LogP contribution in [0.1, 0.15) is 26.0 Å². The van der Waals surface area contributed by atoms with Crippen LogP contribution in [0.25, 0.3) is 22.6 Å². The monoisotopic (exact) mass is 394 g/mol. The standard InChI is InChI=1S/C21H18N2O2S2/c1-13-3-5-15(6-4-13)17-9-10-26-20(17)21(24)22-11-16-7-8-19(25-16)18-12-27-14(2)23-18/h3-10,12H,11H2,1-2H3,(H,22,24). The predicted molar refractivity (Wildman–Crippen MR) is 110 cm³/mol. The molecule has 1 aromatic carbocycles. The minimum atomic E-state index is -0.0944. The van der Waals surface area contributed by atoms with Gasteiger partial charge in [0, 0.05) is 10.9 Å². The number of aryl methyl sites for hydroxylation is 2. The molecule has 3 heterocycles. The molecule has 4 aromatic rings. The normalized spacial score (nSPS) is 10.9. The molecular formula is C21H18N2O2S2. The van der Waals surface area contributed by atoms with E-state index < -0.39 is 0 Å². The lowest BCUT2D eigenvalue weighted by atomic mass is 10.0. The Bertz CT molecular complexity index is 1070. The van der Waals surface area contributed by atoms with E-state index in [2.05, 4.69) is 29.4 Å². The summed E-state index contributed by atoms with van der Waals surface area (Å²) in [7, 11) is 0. The number of furan rings is 1. The Balaban J connectivity index is 1.46. The van der Waals surface area contributed by atoms with Crippen molar-refractivity contribution in [2.45, 2.75) is 20.4 Å². The van der Waals surface area contributed by atoms with Gasteiger partial charge in [0.05, 0.1) is 16.4 Å². The SMILES string of the molecule is Cc1ccc(-c2ccsc2C(=O)NCc2ccc(-c3csc(C)n3)o2)cc1. The van der Waals surface area contributed by atoms with Crippen molar-refractivity contribution >= 4 is 28.6 Å². The molecule has 0 aliphatic rings. The maximum absolute atomic E-state index is 12.7. The van der Waals surface area contributed by atoms with Crippen LogP contribution in [0.2, 0.25) is 0 Å². The zero-order valence-electron chi connectivity index (χ0n) is 15.0. The number of thiophene rings is 1. The Morgan fingerprint density at radius 1 is 1.07 bits per heavy atom. The minimum Gasteiger partial charge on any atom is -0.458 e. The van der Waals surface area contributed by atoms with Gasteiger partial charge in [-0.25, -0.2) is 4.98 Å². The topological polar surface area (TPSA) is 55.1 Å². The molecule has 0 atom stereocenters. The van der Waals surface area contributed by atoms with E-state index in [0.29, 0.717) is 17.2 Å². The van der Waals surface area contributed by atoms with E-state index in [9.17, 15) is 4.79 Å². The Hall–Kier alpha value is -2.70. The Labute approximate surface area is 165 Å². The van der Waals surface area contributed by atoms with Crippen LogP contribution in [0, 0.1) is 13.8 Å². The van der Waals surface area contributed by atoms with Crippen LogP contribution in [0.15, 0.2) is 57.6 Å². The second-order valence-electron chi connectivity index (χ2n) is 6.23. The molecule has 4 rings (SSSR count). The van der Waals surface area contributed by atoms with Gasteiger partial charge in [-0.3, -0.25) is 4.79 Å². The number of rotatable bonds is 5. The van der Waals surface area contributed by atoms with Gasteiger partial charge in [-0.05, 0) is 43.0 Å². The summed E-state index contributed by atoms with van der Waals surface area (Å²) in [4.78, 5) is 17.8. The molecule has 6 heteroatoms. The maximum Gasteiger partial charge on any atom is 0.262 e. The van der Waals surface area contributed by atoms with Gasteiger partial charge in [-0.15, -0.1) is 22.7 Å². The molecule has 0 fully saturated rings. The second kappa shape index (κ2) is 7.50. The Morgan fingerprint density at radius 2 is 1.89 bits per heavy atom. The summed E-state index contributed by atoms with van der Waals surface area (Å²) in [5.41, 5.74) is 4.03. The lowest BCUT2D eigenvalue weighted by molar-refractivity contribution is 0.0953. The fourth-order valence-corrected chi connectivity index (χ4v) is 4.21. The Kier molecular flexibility index (Phi) is 4.92. The molecule has 136 valence electrons. The van der Waals surface area contributed by atoms with Crippen LogP contribution in [0.5, 0.6) is 0 Å². The van der Waals surface area contributed by atoms with Crippen LogP contribution in [0.4, 0.5) is 0 Å². The molecule has 1 amide bonds. The van der Waals surface area contributed by atoms with Crippen molar-refractivity contribution in [3.05, 3.63) is 74.4 Å². The van der Waals surface area contributed by atoms with Crippen LogP contribution >= 0.6 is 22.7 Å². The van der Waals surface area contributed by atoms with E-state index in [-0.39, 0.29) is 5.91 Å². The molecule has 0 aliphatic heterocycles. The number of amides is 1. The summed E-state index contributed by atoms with van der Waals surface area (Å²) in [6, 6.07) is 13.9. The summed E-state index contributed by atoms with van der Waals surface area (Å²) in [5.74, 6) is 1.33. The predicted octanol–water partition coefficient (Wildman–Crippen LogP) is 5.68. The highest BCUT2D eigenvalue weighted by Gasteiger charge is 2.15. The highest BCUT2D eigenvalue weighted by atomic mass is 32.1. The molecule has 0 radical (unpaired) electrons. The summed E-state index contributed by atoms with van der Waals surface area (Å²) in [5, 5.41) is 7.86. The van der Waals surface area contributed by atoms with Crippen molar-refractivity contribution in [3.8, 4) is 22.6 Å². The van der Waals surface area contributed by atoms with E-state index in [0.717, 1.165) is 27.6 Å². The Morgan fingerprint density at radius 3 is 2.63 bits per heavy atom. The number of hydrogen-bond acceptors (Lipinski definition) is 5. The quantitative estimate of drug-likeness (QED) is 0.474. The molecule has 0 saturated heterocycles. The molecule has 0 spiro atoms. The zero-order valence-corrected chi connectivity index (χ0v) is 16.6. The molecule has 0 saturated carbocycles. The van der Waals surface area contributed by atoms with Crippen LogP contribution in [0.3, 0.4) is 0 Å². The van der Waals surface area contributed by atoms with E-state index >= 15 is 0 Å². The first-order chi connectivity index (χ1) is 13.1. The second-order valence-corrected chi connectivity index (χ2v) is 8.21. The first-order valence-corrected chi connectivity index (χ1v) is 10.3. The van der Waals surface area contributed by atoms with E-state index in [1.807, 2.05) is 48.0 Å². The van der Waals surface area contributed by atoms with Gasteiger partial charge in [0.2, 0.25) is 0 Å². The van der Waals surface area contributed by atoms with Crippen LogP contribution in [-0.2, 0) is 6.54 Å². The van der Waals surface area contributed by atoms with Gasteiger partial charge in [0.1, 0.15) is 11.5 Å². The van der Waals surface area contributed by atoms with Crippen molar-refractivity contribution in [1.29, 1.82) is 0 Å². The number of benzene rings is 1. The first kappa shape index (κ1) is 17.7. The lowest BCUT2D eigenvalue weighted by Crippen LogP contribution is -2.22. The highest BCUT2D eigenvalue weighted by molar-refractivity contribution is 7.12. The molecule has 27 heavy (non-hydrogen) atoms. The fourth-order valence-electron chi connectivity index (χ4n) is 2.78. The number of nitrogens with zero attached hydrogens (tertiary/aromatic N) is 1. The van der Waals surface area contributed by atoms with Crippen molar-refractivity contribution in [3.63, 3.8) is 0 Å². The number of thiazole rings is 1. The smallest absolute Gasteiger partial charge is 0.262 e. The van der Waals surface area contributed by atoms with E-state index in [1.165, 1.54) is 16.9 Å². The molecule has 0 bridgehead atoms. The fraction of sp³-hybridized carbons (Fsp3) is 0.143. The zero-order chi connectivity index (χ0) is 18.8. The summed E-state index contributed by atoms with van der Waals surface area (Å²) in [6.07, 6.45) is 0. The average Bonchev–Trinajstić information content (AvgIpc) is 3.40. The molecule has 0 unspecified atom stereocenters. The molecular weight excluding hydrogens is 376 g/mol. The van der Waals surface area contributed by atoms with Gasteiger partial charge in [-0.1, -0.05) is 29.8 Å². The molecule has 4 nitrogen and oxygen atoms in total. The third-order valence-electron chi connectivity index (χ3n) is 4.19. The van der Waals surface area contributed by atoms with Gasteiger partial charge >= 0.3 is 0 Å². The van der Waals surface area contributed by atoms with Crippen molar-refractivity contribution in [2.75, 3.05) is 0 Å². The maximum atomic E-state index is 12.7. The number of hydrogen-bond donors (Lipinski definition) is 1. The van der Waals surface area contributed by atoms with Gasteiger partial charge < -0.3 is 9.73 Å². The summed E-state index contributed by atoms with van der Waals surface area (Å²) in [6.45, 7) is 4.35. The van der Waals surface area contributed by atoms with E-state index in [4.69, 9.17) is 4.42 Å². The third kappa shape index (κ3) is 3.86. The van der Waals surface area contributed by atoms with E-state index in [1.54, 1.807) is 11.3 Å².